The van der Waals surface area contributed by atoms with Crippen LogP contribution in [0.2, 0.25) is 0 Å². The quantitative estimate of drug-likeness (QED) is 0.358. The second-order valence-electron chi connectivity index (χ2n) is 6.92. The summed E-state index contributed by atoms with van der Waals surface area (Å²) >= 11 is 0. The van der Waals surface area contributed by atoms with Gasteiger partial charge in [0, 0.05) is 12.8 Å². The number of hydrogen-bond donors (Lipinski definition) is 4. The van der Waals surface area contributed by atoms with E-state index in [1.807, 2.05) is 12.2 Å². The SMILES string of the molecule is CC/C=C\C/C=C\C/C=C\C[C@@H](O)[C@H]1C[C@H](O)[C@H](/C=C/[C@@H](O)CCC(=O)O)O1. The molecule has 1 aliphatic heterocycles. The molecule has 1 saturated heterocycles. The topological polar surface area (TPSA) is 107 Å². The van der Waals surface area contributed by atoms with Crippen LogP contribution < -0.4 is 0 Å². The minimum atomic E-state index is -0.968. The third kappa shape index (κ3) is 10.6. The van der Waals surface area contributed by atoms with Gasteiger partial charge < -0.3 is 25.2 Å². The van der Waals surface area contributed by atoms with E-state index in [0.29, 0.717) is 12.8 Å². The fraction of sp³-hybridized carbons (Fsp3) is 0.591. The molecular weight excluding hydrogens is 360 g/mol. The highest BCUT2D eigenvalue weighted by Crippen LogP contribution is 2.25. The number of carboxylic acid groups (broad SMARTS) is 1. The van der Waals surface area contributed by atoms with Crippen LogP contribution in [0, 0.1) is 0 Å². The van der Waals surface area contributed by atoms with Crippen LogP contribution in [0.15, 0.2) is 48.6 Å². The van der Waals surface area contributed by atoms with Crippen molar-refractivity contribution in [2.75, 3.05) is 0 Å². The Bertz CT molecular complexity index is 551. The van der Waals surface area contributed by atoms with Crippen LogP contribution in [0.5, 0.6) is 0 Å². The minimum absolute atomic E-state index is 0.106. The molecule has 0 bridgehead atoms. The summed E-state index contributed by atoms with van der Waals surface area (Å²) in [5, 5.41) is 38.6. The second kappa shape index (κ2) is 14.3. The minimum Gasteiger partial charge on any atom is -0.481 e. The molecule has 0 saturated carbocycles. The zero-order valence-electron chi connectivity index (χ0n) is 16.6. The zero-order valence-corrected chi connectivity index (χ0v) is 16.6. The van der Waals surface area contributed by atoms with Crippen LogP contribution in [-0.4, -0.2) is 56.9 Å². The molecule has 4 N–H and O–H groups in total. The second-order valence-corrected chi connectivity index (χ2v) is 6.92. The van der Waals surface area contributed by atoms with Crippen LogP contribution in [0.3, 0.4) is 0 Å². The highest BCUT2D eigenvalue weighted by atomic mass is 16.5. The van der Waals surface area contributed by atoms with Gasteiger partial charge in [0.1, 0.15) is 6.10 Å². The summed E-state index contributed by atoms with van der Waals surface area (Å²) in [5.41, 5.74) is 0. The molecule has 0 aromatic carbocycles. The first-order valence-corrected chi connectivity index (χ1v) is 9.98. The van der Waals surface area contributed by atoms with E-state index in [0.717, 1.165) is 19.3 Å². The molecular formula is C22H34O6. The maximum atomic E-state index is 10.5. The van der Waals surface area contributed by atoms with E-state index in [-0.39, 0.29) is 12.8 Å². The van der Waals surface area contributed by atoms with Gasteiger partial charge in [-0.25, -0.2) is 0 Å². The summed E-state index contributed by atoms with van der Waals surface area (Å²) < 4.78 is 5.67. The lowest BCUT2D eigenvalue weighted by molar-refractivity contribution is -0.137. The lowest BCUT2D eigenvalue weighted by Crippen LogP contribution is -2.25. The predicted octanol–water partition coefficient (Wildman–Crippen LogP) is 2.90. The lowest BCUT2D eigenvalue weighted by atomic mass is 10.0. The summed E-state index contributed by atoms with van der Waals surface area (Å²) in [4.78, 5) is 10.5. The number of carbonyl (C=O) groups is 1. The van der Waals surface area contributed by atoms with Gasteiger partial charge in [-0.2, -0.15) is 0 Å². The van der Waals surface area contributed by atoms with Crippen LogP contribution in [0.4, 0.5) is 0 Å². The number of carboxylic acids is 1. The Morgan fingerprint density at radius 1 is 1.11 bits per heavy atom. The Hall–Kier alpha value is -1.73. The molecule has 28 heavy (non-hydrogen) atoms. The number of rotatable bonds is 13. The van der Waals surface area contributed by atoms with Crippen LogP contribution >= 0.6 is 0 Å². The molecule has 0 spiro atoms. The monoisotopic (exact) mass is 394 g/mol. The Morgan fingerprint density at radius 2 is 1.75 bits per heavy atom. The smallest absolute Gasteiger partial charge is 0.303 e. The number of aliphatic hydroxyl groups is 3. The maximum Gasteiger partial charge on any atom is 0.303 e. The average Bonchev–Trinajstić information content (AvgIpc) is 3.04. The summed E-state index contributed by atoms with van der Waals surface area (Å²) in [6, 6.07) is 0. The first kappa shape index (κ1) is 24.3. The molecule has 6 heteroatoms. The van der Waals surface area contributed by atoms with Gasteiger partial charge >= 0.3 is 5.97 Å². The number of hydrogen-bond acceptors (Lipinski definition) is 5. The van der Waals surface area contributed by atoms with Crippen LogP contribution in [-0.2, 0) is 9.53 Å². The van der Waals surface area contributed by atoms with Gasteiger partial charge in [-0.3, -0.25) is 4.79 Å². The zero-order chi connectivity index (χ0) is 20.8. The van der Waals surface area contributed by atoms with E-state index in [2.05, 4.69) is 31.2 Å². The van der Waals surface area contributed by atoms with Crippen molar-refractivity contribution in [2.45, 2.75) is 82.4 Å². The van der Waals surface area contributed by atoms with Crippen LogP contribution in [0.25, 0.3) is 0 Å². The maximum absolute atomic E-state index is 10.5. The van der Waals surface area contributed by atoms with Crippen molar-refractivity contribution < 1.29 is 30.0 Å². The van der Waals surface area contributed by atoms with Gasteiger partial charge in [-0.05, 0) is 32.1 Å². The molecule has 1 rings (SSSR count). The van der Waals surface area contributed by atoms with Crippen molar-refractivity contribution in [1.82, 2.24) is 0 Å². The largest absolute Gasteiger partial charge is 0.481 e. The third-order valence-corrected chi connectivity index (χ3v) is 4.45. The highest BCUT2D eigenvalue weighted by molar-refractivity contribution is 5.66. The Balaban J connectivity index is 2.31. The number of ether oxygens (including phenoxy) is 1. The standard InChI is InChI=1S/C22H34O6/c1-2-3-4-5-6-7-8-9-10-11-18(24)21-16-19(25)20(28-21)14-12-17(23)13-15-22(26)27/h3-4,6-7,9-10,12,14,17-21,23-25H,2,5,8,11,13,15-16H2,1H3,(H,26,27)/b4-3-,7-6-,10-9-,14-12+/t17-,18-,19+,20+,21-/m1/s1. The molecule has 0 aromatic rings. The van der Waals surface area contributed by atoms with E-state index in [4.69, 9.17) is 9.84 Å². The lowest BCUT2D eigenvalue weighted by Gasteiger charge is -2.16. The van der Waals surface area contributed by atoms with Crippen molar-refractivity contribution >= 4 is 5.97 Å². The van der Waals surface area contributed by atoms with Crippen molar-refractivity contribution in [3.05, 3.63) is 48.6 Å². The van der Waals surface area contributed by atoms with E-state index in [1.165, 1.54) is 12.2 Å². The Labute approximate surface area is 167 Å². The molecule has 158 valence electrons. The number of aliphatic carboxylic acids is 1. The summed E-state index contributed by atoms with van der Waals surface area (Å²) in [5.74, 6) is -0.968. The van der Waals surface area contributed by atoms with Crippen molar-refractivity contribution in [1.29, 1.82) is 0 Å². The summed E-state index contributed by atoms with van der Waals surface area (Å²) in [6.45, 7) is 2.10. The van der Waals surface area contributed by atoms with Crippen molar-refractivity contribution in [3.8, 4) is 0 Å². The van der Waals surface area contributed by atoms with Gasteiger partial charge in [-0.1, -0.05) is 55.5 Å². The average molecular weight is 395 g/mol. The third-order valence-electron chi connectivity index (χ3n) is 4.45. The molecule has 0 amide bonds. The van der Waals surface area contributed by atoms with E-state index >= 15 is 0 Å². The first-order valence-electron chi connectivity index (χ1n) is 9.98. The van der Waals surface area contributed by atoms with E-state index < -0.39 is 36.5 Å². The normalized spacial score (nSPS) is 25.5. The van der Waals surface area contributed by atoms with Crippen LogP contribution in [0.1, 0.15) is 51.9 Å². The Kier molecular flexibility index (Phi) is 12.4. The first-order chi connectivity index (χ1) is 13.4. The van der Waals surface area contributed by atoms with E-state index in [9.17, 15) is 20.1 Å². The fourth-order valence-electron chi connectivity index (χ4n) is 2.84. The summed E-state index contributed by atoms with van der Waals surface area (Å²) in [6.07, 6.45) is 15.4. The van der Waals surface area contributed by atoms with Gasteiger partial charge in [0.05, 0.1) is 24.4 Å². The fourth-order valence-corrected chi connectivity index (χ4v) is 2.84. The molecule has 0 radical (unpaired) electrons. The van der Waals surface area contributed by atoms with Crippen molar-refractivity contribution in [2.24, 2.45) is 0 Å². The molecule has 1 heterocycles. The van der Waals surface area contributed by atoms with Gasteiger partial charge in [0.2, 0.25) is 0 Å². The molecule has 6 nitrogen and oxygen atoms in total. The van der Waals surface area contributed by atoms with Gasteiger partial charge in [0.25, 0.3) is 0 Å². The Morgan fingerprint density at radius 3 is 2.39 bits per heavy atom. The molecule has 1 fully saturated rings. The van der Waals surface area contributed by atoms with Gasteiger partial charge in [-0.15, -0.1) is 0 Å². The van der Waals surface area contributed by atoms with Gasteiger partial charge in [0.15, 0.2) is 0 Å². The van der Waals surface area contributed by atoms with Crippen molar-refractivity contribution in [3.63, 3.8) is 0 Å². The molecule has 0 aromatic heterocycles. The number of aliphatic hydroxyl groups excluding tert-OH is 3. The molecule has 5 atom stereocenters. The highest BCUT2D eigenvalue weighted by Gasteiger charge is 2.35. The predicted molar refractivity (Wildman–Crippen MR) is 109 cm³/mol. The summed E-state index contributed by atoms with van der Waals surface area (Å²) in [7, 11) is 0. The molecule has 0 unspecified atom stereocenters. The van der Waals surface area contributed by atoms with E-state index in [1.54, 1.807) is 0 Å². The molecule has 1 aliphatic rings. The number of allylic oxidation sites excluding steroid dienone is 5. The molecule has 0 aliphatic carbocycles.